The van der Waals surface area contributed by atoms with Crippen LogP contribution in [-0.2, 0) is 5.60 Å². The van der Waals surface area contributed by atoms with E-state index in [0.717, 1.165) is 38.7 Å². The van der Waals surface area contributed by atoms with Gasteiger partial charge in [-0.1, -0.05) is 94.8 Å². The summed E-state index contributed by atoms with van der Waals surface area (Å²) in [5.74, 6) is 0.152. The molecule has 0 fully saturated rings. The first-order valence-corrected chi connectivity index (χ1v) is 10.0. The lowest BCUT2D eigenvalue weighted by atomic mass is 9.72. The Morgan fingerprint density at radius 2 is 1.59 bits per heavy atom. The number of aliphatic hydroxyl groups is 1. The normalized spacial score (nSPS) is 22.9. The summed E-state index contributed by atoms with van der Waals surface area (Å²) >= 11 is 3.60. The highest BCUT2D eigenvalue weighted by atomic mass is 79.9. The maximum atomic E-state index is 12.3. The molecule has 0 amide bonds. The van der Waals surface area contributed by atoms with E-state index in [1.807, 2.05) is 24.3 Å². The van der Waals surface area contributed by atoms with E-state index in [1.54, 1.807) is 0 Å². The fourth-order valence-electron chi connectivity index (χ4n) is 4.54. The molecule has 0 saturated carbocycles. The summed E-state index contributed by atoms with van der Waals surface area (Å²) in [6.45, 7) is 0. The third kappa shape index (κ3) is 2.48. The molecular formula is C25H19BrO. The average molecular weight is 415 g/mol. The van der Waals surface area contributed by atoms with Gasteiger partial charge in [-0.15, -0.1) is 0 Å². The molecule has 2 aliphatic rings. The van der Waals surface area contributed by atoms with Gasteiger partial charge in [0.25, 0.3) is 0 Å². The van der Waals surface area contributed by atoms with Gasteiger partial charge in [-0.25, -0.2) is 0 Å². The Kier molecular flexibility index (Phi) is 3.92. The van der Waals surface area contributed by atoms with Crippen LogP contribution >= 0.6 is 15.9 Å². The Morgan fingerprint density at radius 3 is 2.44 bits per heavy atom. The van der Waals surface area contributed by atoms with Gasteiger partial charge in [0, 0.05) is 21.5 Å². The molecule has 0 radical (unpaired) electrons. The van der Waals surface area contributed by atoms with Crippen molar-refractivity contribution in [1.29, 1.82) is 0 Å². The Balaban J connectivity index is 1.77. The summed E-state index contributed by atoms with van der Waals surface area (Å²) in [6.07, 6.45) is 7.26. The molecule has 0 bridgehead atoms. The number of hydrogen-bond donors (Lipinski definition) is 1. The van der Waals surface area contributed by atoms with Crippen LogP contribution in [0, 0.1) is 0 Å². The molecule has 2 aliphatic carbocycles. The summed E-state index contributed by atoms with van der Waals surface area (Å²) in [4.78, 5) is 0. The van der Waals surface area contributed by atoms with Gasteiger partial charge in [0.05, 0.1) is 0 Å². The fourth-order valence-corrected chi connectivity index (χ4v) is 4.90. The molecule has 0 saturated heterocycles. The summed E-state index contributed by atoms with van der Waals surface area (Å²) in [5.41, 5.74) is 5.31. The molecule has 0 aromatic heterocycles. The molecule has 2 atom stereocenters. The van der Waals surface area contributed by atoms with Crippen LogP contribution < -0.4 is 0 Å². The largest absolute Gasteiger partial charge is 0.376 e. The fraction of sp³-hybridized carbons (Fsp3) is 0.120. The Hall–Kier alpha value is -2.42. The van der Waals surface area contributed by atoms with Gasteiger partial charge in [-0.05, 0) is 40.8 Å². The van der Waals surface area contributed by atoms with E-state index in [4.69, 9.17) is 0 Å². The Morgan fingerprint density at radius 1 is 0.852 bits per heavy atom. The summed E-state index contributed by atoms with van der Waals surface area (Å²) in [7, 11) is 0. The maximum absolute atomic E-state index is 12.3. The number of halogens is 1. The van der Waals surface area contributed by atoms with Gasteiger partial charge >= 0.3 is 0 Å². The predicted octanol–water partition coefficient (Wildman–Crippen LogP) is 6.34. The van der Waals surface area contributed by atoms with Crippen LogP contribution in [0.2, 0.25) is 0 Å². The lowest BCUT2D eigenvalue weighted by Crippen LogP contribution is -2.31. The van der Waals surface area contributed by atoms with E-state index in [2.05, 4.69) is 82.7 Å². The first-order chi connectivity index (χ1) is 13.2. The minimum Gasteiger partial charge on any atom is -0.376 e. The van der Waals surface area contributed by atoms with Crippen molar-refractivity contribution in [3.05, 3.63) is 118 Å². The third-order valence-corrected chi connectivity index (χ3v) is 6.25. The standard InChI is InChI=1S/C25H19BrO/c26-18-14-15-21-20-11-5-7-13-23(20)25(27,24(21)16-18)22-12-6-4-10-19(22)17-8-2-1-3-9-17/h1-9,11-16,19,27H,10H2. The van der Waals surface area contributed by atoms with Crippen molar-refractivity contribution in [1.82, 2.24) is 0 Å². The monoisotopic (exact) mass is 414 g/mol. The molecule has 2 heteroatoms. The van der Waals surface area contributed by atoms with E-state index in [1.165, 1.54) is 5.56 Å². The molecule has 27 heavy (non-hydrogen) atoms. The molecule has 2 unspecified atom stereocenters. The van der Waals surface area contributed by atoms with Gasteiger partial charge in [0.1, 0.15) is 5.60 Å². The van der Waals surface area contributed by atoms with Crippen LogP contribution in [0.5, 0.6) is 0 Å². The second-order valence-electron chi connectivity index (χ2n) is 7.20. The SMILES string of the molecule is OC1(C2=CC=CCC2c2ccccc2)c2ccccc2-c2ccc(Br)cc21. The lowest BCUT2D eigenvalue weighted by molar-refractivity contribution is 0.118. The molecule has 5 rings (SSSR count). The molecule has 1 N–H and O–H groups in total. The predicted molar refractivity (Wildman–Crippen MR) is 114 cm³/mol. The smallest absolute Gasteiger partial charge is 0.138 e. The number of benzene rings is 3. The van der Waals surface area contributed by atoms with Crippen molar-refractivity contribution in [2.75, 3.05) is 0 Å². The van der Waals surface area contributed by atoms with Crippen molar-refractivity contribution in [2.24, 2.45) is 0 Å². The third-order valence-electron chi connectivity index (χ3n) is 5.76. The van der Waals surface area contributed by atoms with Crippen molar-refractivity contribution >= 4 is 15.9 Å². The van der Waals surface area contributed by atoms with Gasteiger partial charge in [-0.2, -0.15) is 0 Å². The summed E-state index contributed by atoms with van der Waals surface area (Å²) < 4.78 is 0.982. The number of allylic oxidation sites excluding steroid dienone is 3. The van der Waals surface area contributed by atoms with Crippen LogP contribution in [0.1, 0.15) is 29.0 Å². The number of fused-ring (bicyclic) bond motifs is 3. The molecule has 3 aromatic rings. The van der Waals surface area contributed by atoms with Crippen molar-refractivity contribution in [2.45, 2.75) is 17.9 Å². The quantitative estimate of drug-likeness (QED) is 0.518. The molecule has 3 aromatic carbocycles. The number of hydrogen-bond acceptors (Lipinski definition) is 1. The van der Waals surface area contributed by atoms with Crippen molar-refractivity contribution in [3.63, 3.8) is 0 Å². The van der Waals surface area contributed by atoms with E-state index in [0.29, 0.717) is 0 Å². The second-order valence-corrected chi connectivity index (χ2v) is 8.11. The lowest BCUT2D eigenvalue weighted by Gasteiger charge is -2.35. The van der Waals surface area contributed by atoms with Crippen LogP contribution in [0.3, 0.4) is 0 Å². The van der Waals surface area contributed by atoms with Gasteiger partial charge in [-0.3, -0.25) is 0 Å². The van der Waals surface area contributed by atoms with E-state index < -0.39 is 5.60 Å². The zero-order chi connectivity index (χ0) is 18.4. The van der Waals surface area contributed by atoms with Gasteiger partial charge in [0.15, 0.2) is 0 Å². The minimum atomic E-state index is -1.12. The Bertz CT molecular complexity index is 1080. The minimum absolute atomic E-state index is 0.152. The highest BCUT2D eigenvalue weighted by molar-refractivity contribution is 9.10. The topological polar surface area (TPSA) is 20.2 Å². The van der Waals surface area contributed by atoms with Crippen molar-refractivity contribution in [3.8, 4) is 11.1 Å². The van der Waals surface area contributed by atoms with E-state index in [9.17, 15) is 5.11 Å². The molecule has 0 aliphatic heterocycles. The van der Waals surface area contributed by atoms with Crippen LogP contribution in [0.4, 0.5) is 0 Å². The van der Waals surface area contributed by atoms with Gasteiger partial charge in [0.2, 0.25) is 0 Å². The van der Waals surface area contributed by atoms with E-state index in [-0.39, 0.29) is 5.92 Å². The van der Waals surface area contributed by atoms with Crippen LogP contribution in [-0.4, -0.2) is 5.11 Å². The van der Waals surface area contributed by atoms with Gasteiger partial charge < -0.3 is 5.11 Å². The first-order valence-electron chi connectivity index (χ1n) is 9.24. The molecule has 0 spiro atoms. The molecule has 132 valence electrons. The number of rotatable bonds is 2. The van der Waals surface area contributed by atoms with Crippen molar-refractivity contribution < 1.29 is 5.11 Å². The van der Waals surface area contributed by atoms with Crippen LogP contribution in [0.15, 0.2) is 101 Å². The average Bonchev–Trinajstić information content (AvgIpc) is 2.98. The molecular weight excluding hydrogens is 396 g/mol. The zero-order valence-electron chi connectivity index (χ0n) is 14.8. The van der Waals surface area contributed by atoms with E-state index >= 15 is 0 Å². The van der Waals surface area contributed by atoms with Crippen LogP contribution in [0.25, 0.3) is 11.1 Å². The molecule has 0 heterocycles. The summed E-state index contributed by atoms with van der Waals surface area (Å²) in [6, 6.07) is 24.9. The second kappa shape index (κ2) is 6.33. The zero-order valence-corrected chi connectivity index (χ0v) is 16.4. The highest BCUT2D eigenvalue weighted by Crippen LogP contribution is 2.55. The maximum Gasteiger partial charge on any atom is 0.138 e. The molecule has 1 nitrogen and oxygen atoms in total. The Labute approximate surface area is 167 Å². The highest BCUT2D eigenvalue weighted by Gasteiger charge is 2.46. The summed E-state index contributed by atoms with van der Waals surface area (Å²) in [5, 5.41) is 12.3. The first kappa shape index (κ1) is 16.7.